The summed E-state index contributed by atoms with van der Waals surface area (Å²) < 4.78 is 11.0. The maximum Gasteiger partial charge on any atom is 0.163 e. The van der Waals surface area contributed by atoms with Gasteiger partial charge in [-0.05, 0) is 65.9 Å². The van der Waals surface area contributed by atoms with Gasteiger partial charge in [-0.3, -0.25) is 0 Å². The smallest absolute Gasteiger partial charge is 0.163 e. The van der Waals surface area contributed by atoms with Crippen LogP contribution < -0.4 is 20.5 Å². The number of methoxy groups -OCH3 is 2. The number of hydrogen-bond acceptors (Lipinski definition) is 4. The van der Waals surface area contributed by atoms with Crippen LogP contribution in [0.2, 0.25) is 0 Å². The molecule has 0 bridgehead atoms. The lowest BCUT2D eigenvalue weighted by Gasteiger charge is -2.15. The van der Waals surface area contributed by atoms with Gasteiger partial charge in [0.1, 0.15) is 0 Å². The Morgan fingerprint density at radius 2 is 1.95 bits per heavy atom. The Labute approximate surface area is 131 Å². The Morgan fingerprint density at radius 3 is 2.68 bits per heavy atom. The molecule has 0 spiro atoms. The number of anilines is 1. The second kappa shape index (κ2) is 6.28. The summed E-state index contributed by atoms with van der Waals surface area (Å²) in [6.45, 7) is 1.60. The lowest BCUT2D eigenvalue weighted by atomic mass is 9.98. The van der Waals surface area contributed by atoms with E-state index in [-0.39, 0.29) is 0 Å². The summed E-state index contributed by atoms with van der Waals surface area (Å²) in [6.07, 6.45) is 1.84. The maximum absolute atomic E-state index is 5.73. The van der Waals surface area contributed by atoms with Crippen LogP contribution in [-0.4, -0.2) is 27.3 Å². The normalized spacial score (nSPS) is 12.7. The molecule has 1 heterocycles. The average Bonchev–Trinajstić information content (AvgIpc) is 3.01. The highest BCUT2D eigenvalue weighted by Gasteiger charge is 2.15. The molecular weight excluding hydrogens is 276 g/mol. The van der Waals surface area contributed by atoms with E-state index in [2.05, 4.69) is 29.6 Å². The summed E-state index contributed by atoms with van der Waals surface area (Å²) in [5, 5.41) is 3.39. The minimum atomic E-state index is 0.580. The molecule has 4 heteroatoms. The first-order valence-corrected chi connectivity index (χ1v) is 7.59. The van der Waals surface area contributed by atoms with Crippen molar-refractivity contribution < 1.29 is 9.47 Å². The van der Waals surface area contributed by atoms with Gasteiger partial charge in [0.2, 0.25) is 0 Å². The fraction of sp³-hybridized carbons (Fsp3) is 0.333. The van der Waals surface area contributed by atoms with Crippen LogP contribution in [-0.2, 0) is 12.8 Å². The molecule has 116 valence electrons. The van der Waals surface area contributed by atoms with Gasteiger partial charge in [0, 0.05) is 12.2 Å². The van der Waals surface area contributed by atoms with E-state index in [1.54, 1.807) is 14.2 Å². The van der Waals surface area contributed by atoms with Crippen LogP contribution in [0.1, 0.15) is 11.1 Å². The number of ether oxygens (including phenoxy) is 2. The molecule has 0 saturated carbocycles. The zero-order valence-electron chi connectivity index (χ0n) is 13.1. The second-order valence-corrected chi connectivity index (χ2v) is 5.46. The van der Waals surface area contributed by atoms with Crippen molar-refractivity contribution in [2.75, 3.05) is 32.6 Å². The topological polar surface area (TPSA) is 56.5 Å². The molecule has 1 aliphatic rings. The molecule has 0 unspecified atom stereocenters. The summed E-state index contributed by atoms with van der Waals surface area (Å²) in [5.74, 6) is 1.53. The molecular formula is C18H22N2O2. The molecule has 0 amide bonds. The number of rotatable bonds is 5. The first-order chi connectivity index (χ1) is 10.8. The zero-order chi connectivity index (χ0) is 15.5. The van der Waals surface area contributed by atoms with Gasteiger partial charge in [-0.25, -0.2) is 0 Å². The summed E-state index contributed by atoms with van der Waals surface area (Å²) in [4.78, 5) is 0. The summed E-state index contributed by atoms with van der Waals surface area (Å²) in [7, 11) is 3.33. The predicted molar refractivity (Wildman–Crippen MR) is 89.9 cm³/mol. The maximum atomic E-state index is 5.73. The molecule has 0 saturated heterocycles. The fourth-order valence-electron chi connectivity index (χ4n) is 3.04. The first-order valence-electron chi connectivity index (χ1n) is 7.59. The van der Waals surface area contributed by atoms with E-state index in [0.717, 1.165) is 42.0 Å². The Balaban J connectivity index is 2.08. The Hall–Kier alpha value is -2.20. The van der Waals surface area contributed by atoms with Crippen LogP contribution in [0.4, 0.5) is 5.69 Å². The lowest BCUT2D eigenvalue weighted by Crippen LogP contribution is -2.05. The summed E-state index contributed by atoms with van der Waals surface area (Å²) in [6, 6.07) is 10.7. The van der Waals surface area contributed by atoms with E-state index >= 15 is 0 Å². The van der Waals surface area contributed by atoms with Gasteiger partial charge in [0.25, 0.3) is 0 Å². The fourth-order valence-corrected chi connectivity index (χ4v) is 3.04. The van der Waals surface area contributed by atoms with Crippen molar-refractivity contribution in [1.82, 2.24) is 0 Å². The summed E-state index contributed by atoms with van der Waals surface area (Å²) >= 11 is 0. The second-order valence-electron chi connectivity index (χ2n) is 5.46. The molecule has 2 aromatic carbocycles. The van der Waals surface area contributed by atoms with Crippen LogP contribution in [0.15, 0.2) is 30.3 Å². The number of nitrogens with one attached hydrogen (secondary N) is 1. The van der Waals surface area contributed by atoms with Crippen molar-refractivity contribution in [2.24, 2.45) is 5.73 Å². The quantitative estimate of drug-likeness (QED) is 0.891. The molecule has 1 aliphatic heterocycles. The van der Waals surface area contributed by atoms with Gasteiger partial charge >= 0.3 is 0 Å². The van der Waals surface area contributed by atoms with Crippen molar-refractivity contribution in [3.63, 3.8) is 0 Å². The third-order valence-corrected chi connectivity index (χ3v) is 4.12. The van der Waals surface area contributed by atoms with Crippen molar-refractivity contribution in [1.29, 1.82) is 0 Å². The number of hydrogen-bond donors (Lipinski definition) is 2. The Kier molecular flexibility index (Phi) is 4.20. The van der Waals surface area contributed by atoms with Gasteiger partial charge in [0.15, 0.2) is 11.5 Å². The van der Waals surface area contributed by atoms with Gasteiger partial charge in [-0.2, -0.15) is 0 Å². The van der Waals surface area contributed by atoms with Crippen LogP contribution in [0.5, 0.6) is 11.5 Å². The highest BCUT2D eigenvalue weighted by molar-refractivity contribution is 5.73. The van der Waals surface area contributed by atoms with E-state index in [4.69, 9.17) is 15.2 Å². The molecule has 2 aromatic rings. The van der Waals surface area contributed by atoms with Gasteiger partial charge in [0.05, 0.1) is 14.2 Å². The van der Waals surface area contributed by atoms with Crippen molar-refractivity contribution in [2.45, 2.75) is 12.8 Å². The molecule has 3 N–H and O–H groups in total. The monoisotopic (exact) mass is 298 g/mol. The Morgan fingerprint density at radius 1 is 1.09 bits per heavy atom. The van der Waals surface area contributed by atoms with E-state index in [0.29, 0.717) is 6.54 Å². The minimum absolute atomic E-state index is 0.580. The number of nitrogens with two attached hydrogens (primary N) is 1. The van der Waals surface area contributed by atoms with Crippen LogP contribution in [0.25, 0.3) is 11.1 Å². The van der Waals surface area contributed by atoms with Crippen LogP contribution in [0.3, 0.4) is 0 Å². The molecule has 0 fully saturated rings. The minimum Gasteiger partial charge on any atom is -0.493 e. The average molecular weight is 298 g/mol. The van der Waals surface area contributed by atoms with Crippen molar-refractivity contribution in [3.8, 4) is 22.6 Å². The van der Waals surface area contributed by atoms with E-state index < -0.39 is 0 Å². The number of fused-ring (bicyclic) bond motifs is 1. The third-order valence-electron chi connectivity index (χ3n) is 4.12. The standard InChI is InChI=1S/C18H22N2O2/c1-21-17-11-15(10-14(5-7-19)18(17)22-2)12-3-4-16-13(9-12)6-8-20-16/h3-4,9-11,20H,5-8,19H2,1-2H3. The lowest BCUT2D eigenvalue weighted by molar-refractivity contribution is 0.352. The predicted octanol–water partition coefficient (Wildman–Crippen LogP) is 2.84. The van der Waals surface area contributed by atoms with Crippen LogP contribution >= 0.6 is 0 Å². The molecule has 22 heavy (non-hydrogen) atoms. The van der Waals surface area contributed by atoms with E-state index in [1.165, 1.54) is 16.8 Å². The highest BCUT2D eigenvalue weighted by atomic mass is 16.5. The van der Waals surface area contributed by atoms with Gasteiger partial charge in [-0.15, -0.1) is 0 Å². The zero-order valence-corrected chi connectivity index (χ0v) is 13.1. The third kappa shape index (κ3) is 2.62. The van der Waals surface area contributed by atoms with E-state index in [1.807, 2.05) is 6.07 Å². The molecule has 0 atom stereocenters. The first kappa shape index (κ1) is 14.7. The summed E-state index contributed by atoms with van der Waals surface area (Å²) in [5.41, 5.74) is 11.8. The molecule has 0 radical (unpaired) electrons. The molecule has 3 rings (SSSR count). The Bertz CT molecular complexity index is 683. The van der Waals surface area contributed by atoms with Crippen molar-refractivity contribution in [3.05, 3.63) is 41.5 Å². The van der Waals surface area contributed by atoms with Crippen molar-refractivity contribution >= 4 is 5.69 Å². The molecule has 0 aromatic heterocycles. The van der Waals surface area contributed by atoms with Gasteiger partial charge in [-0.1, -0.05) is 6.07 Å². The molecule has 0 aliphatic carbocycles. The van der Waals surface area contributed by atoms with E-state index in [9.17, 15) is 0 Å². The number of benzene rings is 2. The van der Waals surface area contributed by atoms with Gasteiger partial charge < -0.3 is 20.5 Å². The largest absolute Gasteiger partial charge is 0.493 e. The van der Waals surface area contributed by atoms with Crippen LogP contribution in [0, 0.1) is 0 Å². The molecule has 4 nitrogen and oxygen atoms in total. The SMILES string of the molecule is COc1cc(-c2ccc3c(c2)CCN3)cc(CCN)c1OC. The highest BCUT2D eigenvalue weighted by Crippen LogP contribution is 2.37.